The van der Waals surface area contributed by atoms with Crippen molar-refractivity contribution in [2.24, 2.45) is 0 Å². The van der Waals surface area contributed by atoms with Gasteiger partial charge >= 0.3 is 6.03 Å². The normalized spacial score (nSPS) is 15.4. The molecule has 2 aromatic carbocycles. The van der Waals surface area contributed by atoms with Gasteiger partial charge in [0.1, 0.15) is 12.2 Å². The van der Waals surface area contributed by atoms with Crippen molar-refractivity contribution in [1.82, 2.24) is 5.32 Å². The molecule has 6 nitrogen and oxygen atoms in total. The summed E-state index contributed by atoms with van der Waals surface area (Å²) in [5.41, 5.74) is 1.32. The molecule has 1 aliphatic rings. The number of anilines is 1. The lowest BCUT2D eigenvalue weighted by Gasteiger charge is -2.26. The second kappa shape index (κ2) is 9.04. The quantitative estimate of drug-likeness (QED) is 0.337. The summed E-state index contributed by atoms with van der Waals surface area (Å²) in [4.78, 5) is 38.6. The molecule has 1 saturated heterocycles. The lowest BCUT2D eigenvalue weighted by molar-refractivity contribution is -0.122. The molecular formula is C21H15BrCl2N2O4. The highest BCUT2D eigenvalue weighted by Gasteiger charge is 2.37. The Bertz CT molecular complexity index is 1090. The zero-order valence-electron chi connectivity index (χ0n) is 15.7. The zero-order valence-corrected chi connectivity index (χ0v) is 18.8. The van der Waals surface area contributed by atoms with Gasteiger partial charge < -0.3 is 4.74 Å². The predicted molar refractivity (Wildman–Crippen MR) is 120 cm³/mol. The zero-order chi connectivity index (χ0) is 22.0. The molecule has 0 saturated carbocycles. The molecule has 30 heavy (non-hydrogen) atoms. The lowest BCUT2D eigenvalue weighted by Crippen LogP contribution is -2.54. The first kappa shape index (κ1) is 22.1. The van der Waals surface area contributed by atoms with Crippen LogP contribution in [0.15, 0.2) is 53.0 Å². The van der Waals surface area contributed by atoms with Gasteiger partial charge in [-0.1, -0.05) is 51.8 Å². The Kier molecular flexibility index (Phi) is 6.65. The highest BCUT2D eigenvalue weighted by molar-refractivity contribution is 9.10. The number of barbiturate groups is 1. The minimum absolute atomic E-state index is 0.205. The van der Waals surface area contributed by atoms with Gasteiger partial charge in [-0.3, -0.25) is 14.9 Å². The third-order valence-corrected chi connectivity index (χ3v) is 5.63. The number of urea groups is 1. The maximum atomic E-state index is 13.0. The molecule has 1 N–H and O–H groups in total. The molecule has 0 bridgehead atoms. The average molecular weight is 510 g/mol. The van der Waals surface area contributed by atoms with Crippen molar-refractivity contribution in [3.8, 4) is 5.75 Å². The minimum Gasteiger partial charge on any atom is -0.486 e. The fourth-order valence-electron chi connectivity index (χ4n) is 2.77. The van der Waals surface area contributed by atoms with Gasteiger partial charge in [-0.05, 0) is 54.5 Å². The standard InChI is InChI=1S/C21H15BrCl2N2O4/c1-3-6-30-18-16(23)9-12(10-17(18)24)8-14-19(27)25-21(29)26(20(14)28)13-4-5-15(22)11(2)7-13/h3-5,7-10H,1,6H2,2H3,(H,25,27,29)/b14-8+. The number of hydrogen-bond acceptors (Lipinski definition) is 4. The molecule has 3 rings (SSSR count). The number of ether oxygens (including phenoxy) is 1. The van der Waals surface area contributed by atoms with Gasteiger partial charge in [0, 0.05) is 4.47 Å². The van der Waals surface area contributed by atoms with E-state index < -0.39 is 17.8 Å². The summed E-state index contributed by atoms with van der Waals surface area (Å²) in [5, 5.41) is 2.59. The number of benzene rings is 2. The fourth-order valence-corrected chi connectivity index (χ4v) is 3.63. The van der Waals surface area contributed by atoms with Crippen molar-refractivity contribution in [3.63, 3.8) is 0 Å². The third kappa shape index (κ3) is 4.43. The van der Waals surface area contributed by atoms with Crippen LogP contribution >= 0.6 is 39.1 Å². The van der Waals surface area contributed by atoms with E-state index >= 15 is 0 Å². The SMILES string of the molecule is C=CCOc1c(Cl)cc(/C=C2\C(=O)NC(=O)N(c3ccc(Br)c(C)c3)C2=O)cc1Cl. The summed E-state index contributed by atoms with van der Waals surface area (Å²) < 4.78 is 6.23. The van der Waals surface area contributed by atoms with E-state index in [9.17, 15) is 14.4 Å². The second-order valence-electron chi connectivity index (χ2n) is 6.30. The molecule has 9 heteroatoms. The van der Waals surface area contributed by atoms with Crippen LogP contribution in [0.4, 0.5) is 10.5 Å². The van der Waals surface area contributed by atoms with Crippen LogP contribution in [0.25, 0.3) is 6.08 Å². The molecule has 0 aliphatic carbocycles. The Morgan fingerprint density at radius 2 is 1.83 bits per heavy atom. The lowest BCUT2D eigenvalue weighted by atomic mass is 10.1. The topological polar surface area (TPSA) is 75.7 Å². The molecule has 154 valence electrons. The van der Waals surface area contributed by atoms with Gasteiger partial charge in [0.05, 0.1) is 15.7 Å². The molecule has 0 atom stereocenters. The van der Waals surface area contributed by atoms with Crippen LogP contribution < -0.4 is 15.0 Å². The van der Waals surface area contributed by atoms with Crippen LogP contribution in [-0.2, 0) is 9.59 Å². The molecule has 0 radical (unpaired) electrons. The number of carbonyl (C=O) groups is 3. The molecule has 0 aromatic heterocycles. The highest BCUT2D eigenvalue weighted by Crippen LogP contribution is 2.35. The molecule has 1 fully saturated rings. The van der Waals surface area contributed by atoms with Crippen molar-refractivity contribution in [1.29, 1.82) is 0 Å². The summed E-state index contributed by atoms with van der Waals surface area (Å²) in [6.07, 6.45) is 2.86. The van der Waals surface area contributed by atoms with Crippen molar-refractivity contribution >= 4 is 68.7 Å². The van der Waals surface area contributed by atoms with Crippen LogP contribution in [0.1, 0.15) is 11.1 Å². The Labute approximate surface area is 191 Å². The maximum Gasteiger partial charge on any atom is 0.335 e. The van der Waals surface area contributed by atoms with E-state index in [0.717, 1.165) is 14.9 Å². The number of aryl methyl sites for hydroxylation is 1. The van der Waals surface area contributed by atoms with Gasteiger partial charge in [0.2, 0.25) is 0 Å². The highest BCUT2D eigenvalue weighted by atomic mass is 79.9. The third-order valence-electron chi connectivity index (χ3n) is 4.18. The molecule has 0 spiro atoms. The van der Waals surface area contributed by atoms with Gasteiger partial charge in [-0.2, -0.15) is 0 Å². The summed E-state index contributed by atoms with van der Waals surface area (Å²) in [6, 6.07) is 7.16. The number of amides is 4. The Morgan fingerprint density at radius 1 is 1.17 bits per heavy atom. The van der Waals surface area contributed by atoms with E-state index in [1.165, 1.54) is 18.2 Å². The summed E-state index contributed by atoms with van der Waals surface area (Å²) in [7, 11) is 0. The Morgan fingerprint density at radius 3 is 2.43 bits per heavy atom. The molecule has 1 heterocycles. The Hall–Kier alpha value is -2.61. The second-order valence-corrected chi connectivity index (χ2v) is 7.97. The molecular weight excluding hydrogens is 495 g/mol. The molecule has 4 amide bonds. The Balaban J connectivity index is 2.00. The maximum absolute atomic E-state index is 13.0. The number of nitrogens with zero attached hydrogens (tertiary/aromatic N) is 1. The summed E-state index contributed by atoms with van der Waals surface area (Å²) in [5.74, 6) is -1.30. The number of rotatable bonds is 5. The van der Waals surface area contributed by atoms with E-state index in [-0.39, 0.29) is 28.0 Å². The van der Waals surface area contributed by atoms with Crippen LogP contribution in [0.2, 0.25) is 10.0 Å². The van der Waals surface area contributed by atoms with Crippen molar-refractivity contribution in [2.75, 3.05) is 11.5 Å². The van der Waals surface area contributed by atoms with E-state index in [1.807, 2.05) is 6.92 Å². The van der Waals surface area contributed by atoms with Gasteiger partial charge in [0.15, 0.2) is 5.75 Å². The van der Waals surface area contributed by atoms with Gasteiger partial charge in [-0.25, -0.2) is 9.69 Å². The van der Waals surface area contributed by atoms with Gasteiger partial charge in [0.25, 0.3) is 11.8 Å². The summed E-state index contributed by atoms with van der Waals surface area (Å²) in [6.45, 7) is 5.59. The largest absolute Gasteiger partial charge is 0.486 e. The number of nitrogens with one attached hydrogen (secondary N) is 1. The number of hydrogen-bond donors (Lipinski definition) is 1. The molecule has 1 aliphatic heterocycles. The smallest absolute Gasteiger partial charge is 0.335 e. The van der Waals surface area contributed by atoms with Crippen molar-refractivity contribution in [3.05, 3.63) is 74.2 Å². The van der Waals surface area contributed by atoms with E-state index in [1.54, 1.807) is 24.3 Å². The summed E-state index contributed by atoms with van der Waals surface area (Å²) >= 11 is 15.8. The first-order chi connectivity index (χ1) is 14.2. The van der Waals surface area contributed by atoms with Crippen LogP contribution in [0.5, 0.6) is 5.75 Å². The van der Waals surface area contributed by atoms with Crippen molar-refractivity contribution < 1.29 is 19.1 Å². The van der Waals surface area contributed by atoms with Crippen LogP contribution in [0.3, 0.4) is 0 Å². The van der Waals surface area contributed by atoms with E-state index in [2.05, 4.69) is 27.8 Å². The molecule has 2 aromatic rings. The first-order valence-electron chi connectivity index (χ1n) is 8.63. The first-order valence-corrected chi connectivity index (χ1v) is 10.2. The molecule has 0 unspecified atom stereocenters. The van der Waals surface area contributed by atoms with Crippen LogP contribution in [-0.4, -0.2) is 24.5 Å². The van der Waals surface area contributed by atoms with Crippen LogP contribution in [0, 0.1) is 6.92 Å². The van der Waals surface area contributed by atoms with E-state index in [4.69, 9.17) is 27.9 Å². The number of halogens is 3. The van der Waals surface area contributed by atoms with Gasteiger partial charge in [-0.15, -0.1) is 0 Å². The van der Waals surface area contributed by atoms with E-state index in [0.29, 0.717) is 11.3 Å². The predicted octanol–water partition coefficient (Wildman–Crippen LogP) is 5.30. The average Bonchev–Trinajstić information content (AvgIpc) is 2.67. The number of imide groups is 2. The number of carbonyl (C=O) groups excluding carboxylic acids is 3. The van der Waals surface area contributed by atoms with Crippen molar-refractivity contribution in [2.45, 2.75) is 6.92 Å². The fraction of sp³-hybridized carbons (Fsp3) is 0.0952. The monoisotopic (exact) mass is 508 g/mol. The minimum atomic E-state index is -0.826.